The SMILES string of the molecule is C[C@@H]1CN(Cc2ccc3c(c2)OCCN3C)C[C@H]1c1nc2c(cnn2C2CCCC2)c(=O)[nH]1. The quantitative estimate of drug-likeness (QED) is 0.660. The van der Waals surface area contributed by atoms with E-state index in [1.165, 1.54) is 18.4 Å². The summed E-state index contributed by atoms with van der Waals surface area (Å²) >= 11 is 0. The van der Waals surface area contributed by atoms with Gasteiger partial charge in [-0.25, -0.2) is 9.67 Å². The zero-order valence-corrected chi connectivity index (χ0v) is 19.5. The predicted octanol–water partition coefficient (Wildman–Crippen LogP) is 3.30. The highest BCUT2D eigenvalue weighted by atomic mass is 16.5. The summed E-state index contributed by atoms with van der Waals surface area (Å²) in [5.41, 5.74) is 3.10. The third kappa shape index (κ3) is 3.70. The van der Waals surface area contributed by atoms with E-state index in [1.807, 2.05) is 4.68 Å². The van der Waals surface area contributed by atoms with Crippen molar-refractivity contribution in [1.29, 1.82) is 0 Å². The number of fused-ring (bicyclic) bond motifs is 2. The van der Waals surface area contributed by atoms with E-state index in [4.69, 9.17) is 9.72 Å². The highest BCUT2D eigenvalue weighted by Crippen LogP contribution is 2.35. The average Bonchev–Trinajstić information content (AvgIpc) is 3.53. The maximum atomic E-state index is 12.8. The van der Waals surface area contributed by atoms with E-state index in [0.29, 0.717) is 17.3 Å². The lowest BCUT2D eigenvalue weighted by atomic mass is 9.97. The number of aromatic nitrogens is 4. The number of likely N-dealkylation sites (N-methyl/N-ethyl adjacent to an activating group) is 1. The van der Waals surface area contributed by atoms with Crippen LogP contribution in [0.5, 0.6) is 5.75 Å². The molecule has 174 valence electrons. The Bertz CT molecular complexity index is 1230. The van der Waals surface area contributed by atoms with Gasteiger partial charge in [0.05, 0.1) is 24.5 Å². The molecule has 1 aromatic carbocycles. The fraction of sp³-hybridized carbons (Fsp3) is 0.560. The predicted molar refractivity (Wildman–Crippen MR) is 128 cm³/mol. The molecule has 0 amide bonds. The molecule has 0 bridgehead atoms. The first kappa shape index (κ1) is 20.7. The number of aromatic amines is 1. The summed E-state index contributed by atoms with van der Waals surface area (Å²) in [6, 6.07) is 6.91. The van der Waals surface area contributed by atoms with Crippen molar-refractivity contribution in [2.45, 2.75) is 51.1 Å². The average molecular weight is 449 g/mol. The van der Waals surface area contributed by atoms with Crippen LogP contribution in [0.1, 0.15) is 56.0 Å². The minimum Gasteiger partial charge on any atom is -0.490 e. The molecule has 1 aliphatic carbocycles. The van der Waals surface area contributed by atoms with Crippen LogP contribution < -0.4 is 15.2 Å². The number of hydrogen-bond donors (Lipinski definition) is 1. The Morgan fingerprint density at radius 3 is 2.91 bits per heavy atom. The third-order valence-electron chi connectivity index (χ3n) is 7.72. The van der Waals surface area contributed by atoms with Gasteiger partial charge in [-0.15, -0.1) is 0 Å². The molecule has 0 spiro atoms. The molecule has 2 aromatic heterocycles. The molecule has 3 aliphatic rings. The van der Waals surface area contributed by atoms with Gasteiger partial charge in [0.2, 0.25) is 0 Å². The first-order chi connectivity index (χ1) is 16.1. The largest absolute Gasteiger partial charge is 0.490 e. The monoisotopic (exact) mass is 448 g/mol. The van der Waals surface area contributed by atoms with Crippen molar-refractivity contribution in [3.63, 3.8) is 0 Å². The van der Waals surface area contributed by atoms with Gasteiger partial charge in [-0.1, -0.05) is 25.8 Å². The van der Waals surface area contributed by atoms with E-state index < -0.39 is 0 Å². The van der Waals surface area contributed by atoms with Gasteiger partial charge in [0.15, 0.2) is 5.65 Å². The summed E-state index contributed by atoms with van der Waals surface area (Å²) in [5.74, 6) is 2.39. The summed E-state index contributed by atoms with van der Waals surface area (Å²) in [7, 11) is 2.11. The van der Waals surface area contributed by atoms with Crippen LogP contribution in [0.25, 0.3) is 11.0 Å². The molecule has 33 heavy (non-hydrogen) atoms. The van der Waals surface area contributed by atoms with E-state index >= 15 is 0 Å². The topological polar surface area (TPSA) is 79.3 Å². The second kappa shape index (κ2) is 8.17. The molecular weight excluding hydrogens is 416 g/mol. The van der Waals surface area contributed by atoms with Crippen LogP contribution in [0.15, 0.2) is 29.2 Å². The van der Waals surface area contributed by atoms with Gasteiger partial charge in [-0.3, -0.25) is 9.69 Å². The van der Waals surface area contributed by atoms with Gasteiger partial charge in [0, 0.05) is 32.6 Å². The lowest BCUT2D eigenvalue weighted by Crippen LogP contribution is -2.29. The summed E-state index contributed by atoms with van der Waals surface area (Å²) in [6.07, 6.45) is 6.37. The molecule has 2 atom stereocenters. The molecule has 1 saturated carbocycles. The van der Waals surface area contributed by atoms with Gasteiger partial charge in [0.25, 0.3) is 5.56 Å². The first-order valence-corrected chi connectivity index (χ1v) is 12.2. The van der Waals surface area contributed by atoms with Crippen molar-refractivity contribution >= 4 is 16.7 Å². The number of nitrogens with one attached hydrogen (secondary N) is 1. The van der Waals surface area contributed by atoms with Gasteiger partial charge >= 0.3 is 0 Å². The molecule has 8 nitrogen and oxygen atoms in total. The van der Waals surface area contributed by atoms with Gasteiger partial charge in [0.1, 0.15) is 23.6 Å². The van der Waals surface area contributed by atoms with Gasteiger partial charge < -0.3 is 14.6 Å². The first-order valence-electron chi connectivity index (χ1n) is 12.2. The maximum absolute atomic E-state index is 12.8. The number of H-pyrrole nitrogens is 1. The number of rotatable bonds is 4. The number of anilines is 1. The van der Waals surface area contributed by atoms with Crippen molar-refractivity contribution in [3.05, 3.63) is 46.1 Å². The van der Waals surface area contributed by atoms with Crippen LogP contribution in [-0.2, 0) is 6.54 Å². The van der Waals surface area contributed by atoms with Gasteiger partial charge in [-0.05, 0) is 36.5 Å². The van der Waals surface area contributed by atoms with Crippen LogP contribution in [-0.4, -0.2) is 57.9 Å². The van der Waals surface area contributed by atoms with Crippen LogP contribution in [0, 0.1) is 5.92 Å². The molecule has 1 saturated heterocycles. The highest BCUT2D eigenvalue weighted by molar-refractivity contribution is 5.73. The normalized spacial score (nSPS) is 23.9. The minimum atomic E-state index is -0.0687. The van der Waals surface area contributed by atoms with E-state index in [0.717, 1.165) is 68.5 Å². The lowest BCUT2D eigenvalue weighted by molar-refractivity contribution is 0.304. The molecule has 2 fully saturated rings. The van der Waals surface area contributed by atoms with E-state index in [9.17, 15) is 4.79 Å². The van der Waals surface area contributed by atoms with Crippen molar-refractivity contribution in [2.75, 3.05) is 38.2 Å². The molecule has 0 radical (unpaired) electrons. The Kier molecular flexibility index (Phi) is 5.13. The summed E-state index contributed by atoms with van der Waals surface area (Å²) in [5, 5.41) is 5.15. The van der Waals surface area contributed by atoms with Crippen LogP contribution in [0.3, 0.4) is 0 Å². The second-order valence-electron chi connectivity index (χ2n) is 10.1. The minimum absolute atomic E-state index is 0.0687. The fourth-order valence-electron chi connectivity index (χ4n) is 5.86. The number of ether oxygens (including phenoxy) is 1. The molecule has 4 heterocycles. The Hall–Kier alpha value is -2.87. The van der Waals surface area contributed by atoms with Crippen LogP contribution in [0.2, 0.25) is 0 Å². The van der Waals surface area contributed by atoms with E-state index in [-0.39, 0.29) is 11.5 Å². The molecule has 6 rings (SSSR count). The molecule has 0 unspecified atom stereocenters. The smallest absolute Gasteiger partial charge is 0.262 e. The Morgan fingerprint density at radius 1 is 1.21 bits per heavy atom. The molecule has 3 aromatic rings. The van der Waals surface area contributed by atoms with Crippen LogP contribution >= 0.6 is 0 Å². The molecule has 2 aliphatic heterocycles. The van der Waals surface area contributed by atoms with E-state index in [2.05, 4.69) is 52.1 Å². The summed E-state index contributed by atoms with van der Waals surface area (Å²) < 4.78 is 7.89. The summed E-state index contributed by atoms with van der Waals surface area (Å²) in [4.78, 5) is 25.6. The molecular formula is C25H32N6O2. The summed E-state index contributed by atoms with van der Waals surface area (Å²) in [6.45, 7) is 6.64. The number of hydrogen-bond acceptors (Lipinski definition) is 6. The Labute approximate surface area is 193 Å². The maximum Gasteiger partial charge on any atom is 0.262 e. The fourth-order valence-corrected chi connectivity index (χ4v) is 5.86. The lowest BCUT2D eigenvalue weighted by Gasteiger charge is -2.28. The van der Waals surface area contributed by atoms with Crippen LogP contribution in [0.4, 0.5) is 5.69 Å². The van der Waals surface area contributed by atoms with Crippen molar-refractivity contribution in [1.82, 2.24) is 24.6 Å². The third-order valence-corrected chi connectivity index (χ3v) is 7.72. The van der Waals surface area contributed by atoms with Gasteiger partial charge in [-0.2, -0.15) is 5.10 Å². The van der Waals surface area contributed by atoms with E-state index in [1.54, 1.807) is 6.20 Å². The zero-order chi connectivity index (χ0) is 22.5. The zero-order valence-electron chi connectivity index (χ0n) is 19.5. The number of likely N-dealkylation sites (tertiary alicyclic amines) is 1. The number of benzene rings is 1. The number of nitrogens with zero attached hydrogens (tertiary/aromatic N) is 5. The van der Waals surface area contributed by atoms with Crippen molar-refractivity contribution in [3.8, 4) is 5.75 Å². The van der Waals surface area contributed by atoms with Crippen molar-refractivity contribution in [2.24, 2.45) is 5.92 Å². The second-order valence-corrected chi connectivity index (χ2v) is 10.1. The molecule has 8 heteroatoms. The molecule has 1 N–H and O–H groups in total. The Morgan fingerprint density at radius 2 is 2.06 bits per heavy atom. The Balaban J connectivity index is 1.24. The standard InChI is InChI=1S/C25H32N6O2/c1-16-13-30(14-17-7-8-21-22(11-17)33-10-9-29(21)2)15-20(16)23-27-24-19(25(32)28-23)12-26-31(24)18-5-3-4-6-18/h7-8,11-12,16,18,20H,3-6,9-10,13-15H2,1-2H3,(H,27,28,32)/t16-,20-/m1/s1. The van der Waals surface area contributed by atoms with Crippen molar-refractivity contribution < 1.29 is 4.74 Å². The highest BCUT2D eigenvalue weighted by Gasteiger charge is 2.33.